The standard InChI is InChI=1S/C24H28FN3O/c1-3-4-17-9-11-28(12-10-17)23-8-6-19(13-16(23)2)26-15-21-20-7-5-18(25)14-22(20)27-24(21)29/h5-8,13-15,17,26H,3-4,9-12H2,1-2H3,(H,27,29)/b21-15+. The van der Waals surface area contributed by atoms with E-state index >= 15 is 0 Å². The lowest BCUT2D eigenvalue weighted by Gasteiger charge is -2.34. The fraction of sp³-hybridized carbons (Fsp3) is 0.375. The van der Waals surface area contributed by atoms with E-state index in [0.717, 1.165) is 24.7 Å². The Balaban J connectivity index is 1.46. The summed E-state index contributed by atoms with van der Waals surface area (Å²) in [5.74, 6) is 0.294. The highest BCUT2D eigenvalue weighted by atomic mass is 19.1. The molecular weight excluding hydrogens is 365 g/mol. The van der Waals surface area contributed by atoms with Crippen molar-refractivity contribution in [1.82, 2.24) is 0 Å². The Kier molecular flexibility index (Phi) is 5.56. The third kappa shape index (κ3) is 4.14. The van der Waals surface area contributed by atoms with Crippen LogP contribution in [-0.2, 0) is 4.79 Å². The SMILES string of the molecule is CCCC1CCN(c2ccc(N/C=C3/C(=O)Nc4cc(F)ccc43)cc2C)CC1. The van der Waals surface area contributed by atoms with E-state index in [-0.39, 0.29) is 11.7 Å². The topological polar surface area (TPSA) is 44.4 Å². The highest BCUT2D eigenvalue weighted by Gasteiger charge is 2.24. The summed E-state index contributed by atoms with van der Waals surface area (Å²) in [5.41, 5.74) is 5.19. The van der Waals surface area contributed by atoms with Crippen LogP contribution in [-0.4, -0.2) is 19.0 Å². The number of hydrogen-bond donors (Lipinski definition) is 2. The summed E-state index contributed by atoms with van der Waals surface area (Å²) >= 11 is 0. The van der Waals surface area contributed by atoms with Crippen LogP contribution in [0.4, 0.5) is 21.5 Å². The zero-order valence-corrected chi connectivity index (χ0v) is 17.1. The number of aryl methyl sites for hydroxylation is 1. The van der Waals surface area contributed by atoms with Gasteiger partial charge in [0.25, 0.3) is 5.91 Å². The van der Waals surface area contributed by atoms with Gasteiger partial charge in [-0.25, -0.2) is 4.39 Å². The van der Waals surface area contributed by atoms with E-state index in [4.69, 9.17) is 0 Å². The molecule has 1 saturated heterocycles. The second kappa shape index (κ2) is 8.27. The lowest BCUT2D eigenvalue weighted by Crippen LogP contribution is -2.34. The number of nitrogens with one attached hydrogen (secondary N) is 2. The maximum absolute atomic E-state index is 13.4. The summed E-state index contributed by atoms with van der Waals surface area (Å²) in [4.78, 5) is 14.7. The van der Waals surface area contributed by atoms with Crippen LogP contribution in [0.15, 0.2) is 42.6 Å². The molecule has 2 heterocycles. The average molecular weight is 394 g/mol. The summed E-state index contributed by atoms with van der Waals surface area (Å²) in [7, 11) is 0. The summed E-state index contributed by atoms with van der Waals surface area (Å²) in [6.07, 6.45) is 6.86. The van der Waals surface area contributed by atoms with Gasteiger partial charge in [0.15, 0.2) is 0 Å². The summed E-state index contributed by atoms with van der Waals surface area (Å²) in [5, 5.41) is 5.94. The van der Waals surface area contributed by atoms with E-state index in [9.17, 15) is 9.18 Å². The molecule has 1 fully saturated rings. The first kappa shape index (κ1) is 19.5. The van der Waals surface area contributed by atoms with E-state index in [0.29, 0.717) is 16.8 Å². The molecule has 0 aromatic heterocycles. The van der Waals surface area contributed by atoms with Crippen LogP contribution < -0.4 is 15.5 Å². The molecule has 0 radical (unpaired) electrons. The number of benzene rings is 2. The second-order valence-corrected chi connectivity index (χ2v) is 8.07. The van der Waals surface area contributed by atoms with Gasteiger partial charge >= 0.3 is 0 Å². The van der Waals surface area contributed by atoms with E-state index < -0.39 is 0 Å². The zero-order valence-electron chi connectivity index (χ0n) is 17.1. The maximum atomic E-state index is 13.4. The Morgan fingerprint density at radius 3 is 2.72 bits per heavy atom. The predicted octanol–water partition coefficient (Wildman–Crippen LogP) is 5.56. The molecule has 0 saturated carbocycles. The number of carbonyl (C=O) groups is 1. The van der Waals surface area contributed by atoms with Crippen LogP contribution in [0.5, 0.6) is 0 Å². The highest BCUT2D eigenvalue weighted by molar-refractivity contribution is 6.31. The summed E-state index contributed by atoms with van der Waals surface area (Å²) in [6.45, 7) is 6.64. The molecule has 0 spiro atoms. The van der Waals surface area contributed by atoms with Gasteiger partial charge in [-0.05, 0) is 67.6 Å². The number of piperidine rings is 1. The molecule has 2 aromatic carbocycles. The van der Waals surface area contributed by atoms with Crippen LogP contribution in [0, 0.1) is 18.7 Å². The molecule has 0 atom stereocenters. The minimum atomic E-state index is -0.358. The average Bonchev–Trinajstić information content (AvgIpc) is 3.01. The summed E-state index contributed by atoms with van der Waals surface area (Å²) in [6, 6.07) is 10.7. The number of rotatable bonds is 5. The predicted molar refractivity (Wildman–Crippen MR) is 118 cm³/mol. The zero-order chi connectivity index (χ0) is 20.4. The smallest absolute Gasteiger partial charge is 0.257 e. The van der Waals surface area contributed by atoms with Crippen LogP contribution in [0.2, 0.25) is 0 Å². The van der Waals surface area contributed by atoms with Crippen molar-refractivity contribution in [3.05, 3.63) is 59.5 Å². The maximum Gasteiger partial charge on any atom is 0.257 e. The second-order valence-electron chi connectivity index (χ2n) is 8.07. The van der Waals surface area contributed by atoms with Crippen LogP contribution in [0.25, 0.3) is 5.57 Å². The van der Waals surface area contributed by atoms with E-state index in [1.807, 2.05) is 0 Å². The molecular formula is C24H28FN3O. The number of carbonyl (C=O) groups excluding carboxylic acids is 1. The molecule has 5 heteroatoms. The van der Waals surface area contributed by atoms with Gasteiger partial charge < -0.3 is 15.5 Å². The minimum Gasteiger partial charge on any atom is -0.371 e. The molecule has 2 aliphatic rings. The van der Waals surface area contributed by atoms with Crippen LogP contribution >= 0.6 is 0 Å². The molecule has 2 aliphatic heterocycles. The monoisotopic (exact) mass is 393 g/mol. The number of nitrogens with zero attached hydrogens (tertiary/aromatic N) is 1. The normalized spacial score (nSPS) is 18.1. The first-order chi connectivity index (χ1) is 14.0. The van der Waals surface area contributed by atoms with Gasteiger partial charge in [-0.3, -0.25) is 4.79 Å². The van der Waals surface area contributed by atoms with Crippen molar-refractivity contribution in [2.24, 2.45) is 5.92 Å². The number of halogens is 1. The number of hydrogen-bond acceptors (Lipinski definition) is 3. The molecule has 4 rings (SSSR count). The van der Waals surface area contributed by atoms with Crippen molar-refractivity contribution < 1.29 is 9.18 Å². The fourth-order valence-corrected chi connectivity index (χ4v) is 4.44. The molecule has 0 aliphatic carbocycles. The third-order valence-electron chi connectivity index (χ3n) is 6.00. The first-order valence-corrected chi connectivity index (χ1v) is 10.5. The Morgan fingerprint density at radius 2 is 2.00 bits per heavy atom. The van der Waals surface area contributed by atoms with Crippen LogP contribution in [0.1, 0.15) is 43.7 Å². The lowest BCUT2D eigenvalue weighted by molar-refractivity contribution is -0.110. The molecule has 0 bridgehead atoms. The molecule has 2 N–H and O–H groups in total. The lowest BCUT2D eigenvalue weighted by atomic mass is 9.92. The van der Waals surface area contributed by atoms with Gasteiger partial charge in [-0.15, -0.1) is 0 Å². The van der Waals surface area contributed by atoms with Crippen molar-refractivity contribution >= 4 is 28.5 Å². The minimum absolute atomic E-state index is 0.221. The van der Waals surface area contributed by atoms with Gasteiger partial charge in [-0.2, -0.15) is 0 Å². The van der Waals surface area contributed by atoms with E-state index in [2.05, 4.69) is 47.6 Å². The van der Waals surface area contributed by atoms with E-state index in [1.165, 1.54) is 49.1 Å². The van der Waals surface area contributed by atoms with Gasteiger partial charge in [0.05, 0.1) is 11.3 Å². The first-order valence-electron chi connectivity index (χ1n) is 10.5. The highest BCUT2D eigenvalue weighted by Crippen LogP contribution is 2.33. The van der Waals surface area contributed by atoms with Crippen molar-refractivity contribution in [2.75, 3.05) is 28.6 Å². The summed E-state index contributed by atoms with van der Waals surface area (Å²) < 4.78 is 13.4. The van der Waals surface area contributed by atoms with Crippen molar-refractivity contribution in [1.29, 1.82) is 0 Å². The number of anilines is 3. The largest absolute Gasteiger partial charge is 0.371 e. The number of fused-ring (bicyclic) bond motifs is 1. The Bertz CT molecular complexity index is 945. The fourth-order valence-electron chi connectivity index (χ4n) is 4.44. The van der Waals surface area contributed by atoms with Gasteiger partial charge in [-0.1, -0.05) is 19.8 Å². The van der Waals surface area contributed by atoms with E-state index in [1.54, 1.807) is 12.3 Å². The van der Waals surface area contributed by atoms with Gasteiger partial charge in [0.1, 0.15) is 5.82 Å². The third-order valence-corrected chi connectivity index (χ3v) is 6.00. The van der Waals surface area contributed by atoms with Crippen molar-refractivity contribution in [3.8, 4) is 0 Å². The van der Waals surface area contributed by atoms with Crippen molar-refractivity contribution in [3.63, 3.8) is 0 Å². The van der Waals surface area contributed by atoms with Crippen molar-refractivity contribution in [2.45, 2.75) is 39.5 Å². The molecule has 29 heavy (non-hydrogen) atoms. The molecule has 2 aromatic rings. The molecule has 152 valence electrons. The van der Waals surface area contributed by atoms with Crippen LogP contribution in [0.3, 0.4) is 0 Å². The molecule has 0 unspecified atom stereocenters. The quantitative estimate of drug-likeness (QED) is 0.654. The Morgan fingerprint density at radius 1 is 1.21 bits per heavy atom. The Hall–Kier alpha value is -2.82. The van der Waals surface area contributed by atoms with Gasteiger partial charge in [0, 0.05) is 36.2 Å². The number of amides is 1. The molecule has 1 amide bonds. The Labute approximate surface area is 171 Å². The molecule has 4 nitrogen and oxygen atoms in total. The van der Waals surface area contributed by atoms with Gasteiger partial charge in [0.2, 0.25) is 0 Å².